The summed E-state index contributed by atoms with van der Waals surface area (Å²) in [6.07, 6.45) is -1.05. The van der Waals surface area contributed by atoms with Crippen LogP contribution in [0, 0.1) is 0 Å². The molecule has 2 N–H and O–H groups in total. The van der Waals surface area contributed by atoms with E-state index in [0.29, 0.717) is 6.42 Å². The summed E-state index contributed by atoms with van der Waals surface area (Å²) < 4.78 is 18.4. The Kier molecular flexibility index (Phi) is 11.9. The van der Waals surface area contributed by atoms with Crippen LogP contribution in [0.15, 0.2) is 109 Å². The molecule has 3 fully saturated rings. The van der Waals surface area contributed by atoms with Crippen LogP contribution in [0.1, 0.15) is 58.6 Å². The van der Waals surface area contributed by atoms with E-state index >= 15 is 0 Å². The third kappa shape index (κ3) is 9.56. The second-order valence-electron chi connectivity index (χ2n) is 13.9. The van der Waals surface area contributed by atoms with Crippen molar-refractivity contribution in [2.75, 3.05) is 32.7 Å². The summed E-state index contributed by atoms with van der Waals surface area (Å²) in [5.74, 6) is -0.821. The van der Waals surface area contributed by atoms with Crippen LogP contribution in [-0.2, 0) is 50.1 Å². The molecule has 0 spiro atoms. The first-order chi connectivity index (χ1) is 25.9. The van der Waals surface area contributed by atoms with Gasteiger partial charge in [-0.15, -0.1) is 0 Å². The van der Waals surface area contributed by atoms with Gasteiger partial charge >= 0.3 is 6.09 Å². The number of hydrogen-bond donors (Lipinski definition) is 2. The smallest absolute Gasteiger partial charge is 0.408 e. The summed E-state index contributed by atoms with van der Waals surface area (Å²) in [7, 11) is 0. The molecule has 4 aromatic rings. The Balaban J connectivity index is 0.963. The van der Waals surface area contributed by atoms with Crippen molar-refractivity contribution in [3.05, 3.63) is 143 Å². The lowest BCUT2D eigenvalue weighted by atomic mass is 9.99. The molecule has 0 bridgehead atoms. The molecule has 0 aromatic heterocycles. The second kappa shape index (κ2) is 17.3. The van der Waals surface area contributed by atoms with Crippen LogP contribution in [0.2, 0.25) is 0 Å². The van der Waals surface area contributed by atoms with Crippen LogP contribution in [0.4, 0.5) is 4.79 Å². The number of aliphatic hydroxyl groups excluding tert-OH is 1. The van der Waals surface area contributed by atoms with Crippen LogP contribution >= 0.6 is 0 Å². The van der Waals surface area contributed by atoms with E-state index in [1.54, 1.807) is 0 Å². The maximum atomic E-state index is 13.1. The number of amides is 3. The first kappa shape index (κ1) is 36.4. The van der Waals surface area contributed by atoms with Crippen LogP contribution < -0.4 is 5.32 Å². The number of nitrogens with one attached hydrogen (secondary N) is 1. The minimum Gasteiger partial charge on any atom is -0.445 e. The van der Waals surface area contributed by atoms with E-state index in [-0.39, 0.29) is 44.3 Å². The number of likely N-dealkylation sites (tertiary alicyclic amines) is 1. The maximum Gasteiger partial charge on any atom is 0.408 e. The number of carbonyl (C=O) groups excluding carboxylic acids is 3. The van der Waals surface area contributed by atoms with Crippen molar-refractivity contribution >= 4 is 17.9 Å². The Bertz CT molecular complexity index is 1820. The fraction of sp³-hybridized carbons (Fsp3) is 0.357. The Labute approximate surface area is 310 Å². The van der Waals surface area contributed by atoms with E-state index in [2.05, 4.69) is 39.4 Å². The number of benzene rings is 4. The lowest BCUT2D eigenvalue weighted by molar-refractivity contribution is -0.253. The minimum atomic E-state index is -0.971. The highest BCUT2D eigenvalue weighted by molar-refractivity contribution is 6.06. The first-order valence-corrected chi connectivity index (χ1v) is 18.3. The van der Waals surface area contributed by atoms with Gasteiger partial charge in [0.05, 0.1) is 31.8 Å². The molecule has 0 aliphatic carbocycles. The Hall–Kier alpha value is -4.91. The number of ether oxygens (including phenoxy) is 3. The number of piperazine rings is 1. The fourth-order valence-corrected chi connectivity index (χ4v) is 7.12. The molecule has 0 saturated carbocycles. The molecular weight excluding hydrogens is 672 g/mol. The van der Waals surface area contributed by atoms with Gasteiger partial charge in [0.1, 0.15) is 12.6 Å². The van der Waals surface area contributed by atoms with Gasteiger partial charge in [0.25, 0.3) is 5.91 Å². The fourth-order valence-electron chi connectivity index (χ4n) is 7.12. The third-order valence-corrected chi connectivity index (χ3v) is 10.1. The van der Waals surface area contributed by atoms with Gasteiger partial charge in [-0.25, -0.2) is 4.79 Å². The molecule has 3 heterocycles. The predicted molar refractivity (Wildman–Crippen MR) is 197 cm³/mol. The monoisotopic (exact) mass is 718 g/mol. The van der Waals surface area contributed by atoms with Gasteiger partial charge in [0, 0.05) is 51.3 Å². The van der Waals surface area contributed by atoms with E-state index in [4.69, 9.17) is 14.2 Å². The molecule has 53 heavy (non-hydrogen) atoms. The third-order valence-electron chi connectivity index (χ3n) is 10.1. The quantitative estimate of drug-likeness (QED) is 0.193. The zero-order valence-electron chi connectivity index (χ0n) is 29.7. The zero-order valence-corrected chi connectivity index (χ0v) is 29.7. The predicted octanol–water partition coefficient (Wildman–Crippen LogP) is 5.10. The molecule has 3 aliphatic heterocycles. The van der Waals surface area contributed by atoms with Gasteiger partial charge < -0.3 is 24.6 Å². The molecule has 1 unspecified atom stereocenters. The van der Waals surface area contributed by atoms with Crippen molar-refractivity contribution in [2.24, 2.45) is 0 Å². The maximum absolute atomic E-state index is 13.1. The van der Waals surface area contributed by atoms with Gasteiger partial charge in [0.15, 0.2) is 6.29 Å². The molecule has 276 valence electrons. The summed E-state index contributed by atoms with van der Waals surface area (Å²) in [5, 5.41) is 12.1. The van der Waals surface area contributed by atoms with E-state index in [0.717, 1.165) is 67.1 Å². The van der Waals surface area contributed by atoms with Crippen LogP contribution in [0.3, 0.4) is 0 Å². The van der Waals surface area contributed by atoms with E-state index in [9.17, 15) is 19.5 Å². The number of aliphatic hydroxyl groups is 1. The Morgan fingerprint density at radius 2 is 1.32 bits per heavy atom. The number of nitrogens with zero attached hydrogens (tertiary/aromatic N) is 3. The molecule has 11 heteroatoms. The number of rotatable bonds is 12. The van der Waals surface area contributed by atoms with E-state index in [1.807, 2.05) is 84.9 Å². The largest absolute Gasteiger partial charge is 0.445 e. The summed E-state index contributed by atoms with van der Waals surface area (Å²) in [4.78, 5) is 44.5. The molecule has 4 atom stereocenters. The topological polar surface area (TPSA) is 121 Å². The molecule has 11 nitrogen and oxygen atoms in total. The van der Waals surface area contributed by atoms with Gasteiger partial charge in [-0.1, -0.05) is 109 Å². The van der Waals surface area contributed by atoms with Crippen molar-refractivity contribution in [1.29, 1.82) is 0 Å². The molecule has 3 amide bonds. The Morgan fingerprint density at radius 1 is 0.717 bits per heavy atom. The van der Waals surface area contributed by atoms with Crippen molar-refractivity contribution < 1.29 is 33.7 Å². The molecule has 4 aromatic carbocycles. The highest BCUT2D eigenvalue weighted by Gasteiger charge is 2.40. The lowest BCUT2D eigenvalue weighted by Crippen LogP contribution is -2.49. The summed E-state index contributed by atoms with van der Waals surface area (Å²) >= 11 is 0. The lowest BCUT2D eigenvalue weighted by Gasteiger charge is -2.40. The highest BCUT2D eigenvalue weighted by atomic mass is 16.7. The van der Waals surface area contributed by atoms with Gasteiger partial charge in [0.2, 0.25) is 5.91 Å². The van der Waals surface area contributed by atoms with E-state index < -0.39 is 24.3 Å². The minimum absolute atomic E-state index is 0.0180. The second-order valence-corrected chi connectivity index (χ2v) is 13.9. The van der Waals surface area contributed by atoms with Crippen molar-refractivity contribution in [3.63, 3.8) is 0 Å². The summed E-state index contributed by atoms with van der Waals surface area (Å²) in [6.45, 7) is 5.78. The summed E-state index contributed by atoms with van der Waals surface area (Å²) in [5.41, 5.74) is 5.62. The van der Waals surface area contributed by atoms with Crippen LogP contribution in [0.5, 0.6) is 0 Å². The standard InChI is InChI=1S/C42H46N4O7/c47-28-32-13-15-34(16-14-32)38-23-36(27-45-21-19-44(20-22-45)25-30-7-3-1-4-8-30)52-41(53-38)35-17-11-31(12-18-35)26-46-39(48)24-37(40(46)49)43-42(50)51-29-33-9-5-2-6-10-33/h1-18,36-38,41,47H,19-29H2,(H,43,50)/t36-,37?,38+,41+/m0/s1. The van der Waals surface area contributed by atoms with Crippen molar-refractivity contribution in [1.82, 2.24) is 20.0 Å². The van der Waals surface area contributed by atoms with Crippen molar-refractivity contribution in [3.8, 4) is 0 Å². The van der Waals surface area contributed by atoms with Gasteiger partial charge in [-0.3, -0.25) is 24.3 Å². The highest BCUT2D eigenvalue weighted by Crippen LogP contribution is 2.38. The average molecular weight is 719 g/mol. The molecule has 7 rings (SSSR count). The molecular formula is C42H46N4O7. The van der Waals surface area contributed by atoms with Gasteiger partial charge in [-0.2, -0.15) is 0 Å². The first-order valence-electron chi connectivity index (χ1n) is 18.3. The number of hydrogen-bond acceptors (Lipinski definition) is 9. The van der Waals surface area contributed by atoms with E-state index in [1.165, 1.54) is 10.5 Å². The number of alkyl carbamates (subject to hydrolysis) is 1. The number of imide groups is 1. The molecule has 3 aliphatic rings. The molecule has 3 saturated heterocycles. The van der Waals surface area contributed by atoms with Crippen molar-refractivity contribution in [2.45, 2.75) is 63.7 Å². The SMILES string of the molecule is O=C(NC1CC(=O)N(Cc2ccc([C@@H]3O[C@H](CN4CCN(Cc5ccccc5)CC4)C[C@H](c4ccc(CO)cc4)O3)cc2)C1=O)OCc1ccccc1. The summed E-state index contributed by atoms with van der Waals surface area (Å²) in [6, 6.07) is 34.3. The van der Waals surface area contributed by atoms with Gasteiger partial charge in [-0.05, 0) is 27.8 Å². The average Bonchev–Trinajstić information content (AvgIpc) is 3.45. The number of carbonyl (C=O) groups is 3. The normalized spacial score (nSPS) is 22.5. The zero-order chi connectivity index (χ0) is 36.6. The van der Waals surface area contributed by atoms with Crippen LogP contribution in [-0.4, -0.2) is 82.6 Å². The molecule has 0 radical (unpaired) electrons. The Morgan fingerprint density at radius 3 is 2.00 bits per heavy atom. The van der Waals surface area contributed by atoms with Crippen LogP contribution in [0.25, 0.3) is 0 Å².